The lowest BCUT2D eigenvalue weighted by molar-refractivity contribution is 0.0593. The Morgan fingerprint density at radius 3 is 2.67 bits per heavy atom. The molecule has 0 N–H and O–H groups in total. The van der Waals surface area contributed by atoms with E-state index in [1.54, 1.807) is 11.0 Å². The number of hydrogen-bond acceptors (Lipinski definition) is 7. The van der Waals surface area contributed by atoms with Gasteiger partial charge in [0, 0.05) is 49.8 Å². The van der Waals surface area contributed by atoms with Gasteiger partial charge in [0.2, 0.25) is 0 Å². The molecule has 1 aliphatic heterocycles. The molecule has 0 atom stereocenters. The van der Waals surface area contributed by atoms with E-state index in [1.165, 1.54) is 23.3 Å². The van der Waals surface area contributed by atoms with Crippen LogP contribution in [0, 0.1) is 0 Å². The van der Waals surface area contributed by atoms with Crippen molar-refractivity contribution in [2.75, 3.05) is 26.8 Å². The summed E-state index contributed by atoms with van der Waals surface area (Å²) in [5, 5.41) is 3.96. The second kappa shape index (κ2) is 10.4. The summed E-state index contributed by atoms with van der Waals surface area (Å²) in [4.78, 5) is 40.5. The maximum Gasteiger partial charge on any atom is 0.343 e. The molecular formula is C27H29N3O6. The van der Waals surface area contributed by atoms with E-state index < -0.39 is 5.97 Å². The molecule has 0 radical (unpaired) electrons. The average Bonchev–Trinajstić information content (AvgIpc) is 3.67. The summed E-state index contributed by atoms with van der Waals surface area (Å²) in [5.74, 6) is 0.511. The number of nitrogens with zero attached hydrogens (tertiary/aromatic N) is 3. The molecule has 0 unspecified atom stereocenters. The number of aromatic nitrogens is 2. The summed E-state index contributed by atoms with van der Waals surface area (Å²) >= 11 is 0. The smallest absolute Gasteiger partial charge is 0.343 e. The number of benzene rings is 1. The Hall–Kier alpha value is -3.88. The van der Waals surface area contributed by atoms with Crippen LogP contribution in [0.2, 0.25) is 0 Å². The number of carbonyl (C=O) groups excluding carboxylic acids is 2. The number of ether oxygens (including phenoxy) is 2. The number of amides is 1. The van der Waals surface area contributed by atoms with Crippen molar-refractivity contribution < 1.29 is 23.6 Å². The van der Waals surface area contributed by atoms with E-state index in [4.69, 9.17) is 14.0 Å². The zero-order valence-corrected chi connectivity index (χ0v) is 20.3. The van der Waals surface area contributed by atoms with E-state index in [0.717, 1.165) is 31.4 Å². The highest BCUT2D eigenvalue weighted by Gasteiger charge is 2.31. The molecule has 3 aromatic rings. The fourth-order valence-electron chi connectivity index (χ4n) is 4.60. The zero-order valence-electron chi connectivity index (χ0n) is 20.3. The first-order chi connectivity index (χ1) is 17.5. The molecule has 36 heavy (non-hydrogen) atoms. The third kappa shape index (κ3) is 5.05. The van der Waals surface area contributed by atoms with Crippen LogP contribution in [0.4, 0.5) is 0 Å². The Balaban J connectivity index is 1.32. The van der Waals surface area contributed by atoms with E-state index in [2.05, 4.69) is 5.16 Å². The first-order valence-corrected chi connectivity index (χ1v) is 12.3. The van der Waals surface area contributed by atoms with Crippen LogP contribution in [0.3, 0.4) is 0 Å². The fraction of sp³-hybridized carbons (Fsp3) is 0.407. The second-order valence-corrected chi connectivity index (χ2v) is 9.18. The van der Waals surface area contributed by atoms with Gasteiger partial charge in [-0.25, -0.2) is 4.79 Å². The summed E-state index contributed by atoms with van der Waals surface area (Å²) in [6.45, 7) is 1.24. The van der Waals surface area contributed by atoms with Gasteiger partial charge in [0.05, 0.1) is 13.7 Å². The molecular weight excluding hydrogens is 462 g/mol. The Bertz CT molecular complexity index is 1310. The standard InChI is InChI=1S/C27H29N3O6/c1-34-27(33)25-21-11-12-29(26(32)20-16-22(36-28-20)19-9-10-19)13-14-30(21)24(31)17-23(25)35-15-5-8-18-6-3-2-4-7-18/h2-4,6-7,16-17,19H,5,8-15H2,1H3. The van der Waals surface area contributed by atoms with E-state index in [1.807, 2.05) is 30.3 Å². The van der Waals surface area contributed by atoms with Crippen LogP contribution in [0.5, 0.6) is 5.75 Å². The maximum atomic E-state index is 13.1. The molecule has 188 valence electrons. The molecule has 1 fully saturated rings. The van der Waals surface area contributed by atoms with Gasteiger partial charge in [-0.3, -0.25) is 9.59 Å². The van der Waals surface area contributed by atoms with Gasteiger partial charge in [-0.15, -0.1) is 0 Å². The number of fused-ring (bicyclic) bond motifs is 1. The molecule has 1 saturated carbocycles. The van der Waals surface area contributed by atoms with Crippen molar-refractivity contribution in [3.05, 3.63) is 81.1 Å². The number of carbonyl (C=O) groups is 2. The first-order valence-electron chi connectivity index (χ1n) is 12.3. The van der Waals surface area contributed by atoms with Crippen LogP contribution in [0.25, 0.3) is 0 Å². The molecule has 9 nitrogen and oxygen atoms in total. The van der Waals surface area contributed by atoms with Crippen LogP contribution in [0.15, 0.2) is 51.8 Å². The van der Waals surface area contributed by atoms with E-state index in [9.17, 15) is 14.4 Å². The van der Waals surface area contributed by atoms with E-state index >= 15 is 0 Å². The highest BCUT2D eigenvalue weighted by Crippen LogP contribution is 2.40. The van der Waals surface area contributed by atoms with Crippen molar-refractivity contribution in [1.29, 1.82) is 0 Å². The minimum absolute atomic E-state index is 0.219. The third-order valence-corrected chi connectivity index (χ3v) is 6.71. The molecule has 1 amide bonds. The Morgan fingerprint density at radius 2 is 1.92 bits per heavy atom. The monoisotopic (exact) mass is 491 g/mol. The Kier molecular flexibility index (Phi) is 6.88. The van der Waals surface area contributed by atoms with Gasteiger partial charge in [0.25, 0.3) is 11.5 Å². The maximum absolute atomic E-state index is 13.1. The lowest BCUT2D eigenvalue weighted by atomic mass is 10.1. The molecule has 2 aromatic heterocycles. The number of rotatable bonds is 8. The second-order valence-electron chi connectivity index (χ2n) is 9.18. The van der Waals surface area contributed by atoms with Crippen LogP contribution in [-0.2, 0) is 24.1 Å². The summed E-state index contributed by atoms with van der Waals surface area (Å²) in [6.07, 6.45) is 3.96. The summed E-state index contributed by atoms with van der Waals surface area (Å²) < 4.78 is 17.8. The van der Waals surface area contributed by atoms with Crippen molar-refractivity contribution in [1.82, 2.24) is 14.6 Å². The Labute approximate surface area is 208 Å². The van der Waals surface area contributed by atoms with Crippen LogP contribution >= 0.6 is 0 Å². The van der Waals surface area contributed by atoms with Crippen molar-refractivity contribution in [3.63, 3.8) is 0 Å². The van der Waals surface area contributed by atoms with Gasteiger partial charge in [0.15, 0.2) is 5.69 Å². The highest BCUT2D eigenvalue weighted by atomic mass is 16.5. The first kappa shape index (κ1) is 23.8. The number of pyridine rings is 1. The summed E-state index contributed by atoms with van der Waals surface area (Å²) in [6, 6.07) is 13.1. The minimum Gasteiger partial charge on any atom is -0.492 e. The molecule has 5 rings (SSSR count). The average molecular weight is 492 g/mol. The zero-order chi connectivity index (χ0) is 25.1. The molecule has 1 aromatic carbocycles. The van der Waals surface area contributed by atoms with Crippen molar-refractivity contribution in [2.24, 2.45) is 0 Å². The predicted molar refractivity (Wildman–Crippen MR) is 130 cm³/mol. The predicted octanol–water partition coefficient (Wildman–Crippen LogP) is 3.21. The number of methoxy groups -OCH3 is 1. The fourth-order valence-corrected chi connectivity index (χ4v) is 4.60. The minimum atomic E-state index is -0.567. The van der Waals surface area contributed by atoms with Crippen molar-refractivity contribution in [3.8, 4) is 5.75 Å². The molecule has 0 spiro atoms. The SMILES string of the molecule is COC(=O)c1c(OCCCc2ccccc2)cc(=O)n2c1CCN(C(=O)c1cc(C3CC3)on1)CC2. The number of hydrogen-bond donors (Lipinski definition) is 0. The molecule has 0 bridgehead atoms. The molecule has 0 saturated heterocycles. The quantitative estimate of drug-likeness (QED) is 0.352. The highest BCUT2D eigenvalue weighted by molar-refractivity contribution is 5.94. The van der Waals surface area contributed by atoms with Gasteiger partial charge >= 0.3 is 5.97 Å². The molecule has 3 heterocycles. The molecule has 9 heteroatoms. The number of aryl methyl sites for hydroxylation is 1. The van der Waals surface area contributed by atoms with Gasteiger partial charge in [0.1, 0.15) is 17.1 Å². The van der Waals surface area contributed by atoms with E-state index in [-0.39, 0.29) is 35.0 Å². The van der Waals surface area contributed by atoms with Crippen LogP contribution in [0.1, 0.15) is 63.0 Å². The molecule has 2 aliphatic rings. The molecule has 1 aliphatic carbocycles. The van der Waals surface area contributed by atoms with Crippen LogP contribution < -0.4 is 10.3 Å². The number of esters is 1. The Morgan fingerprint density at radius 1 is 1.11 bits per heavy atom. The van der Waals surface area contributed by atoms with Crippen molar-refractivity contribution in [2.45, 2.75) is 44.6 Å². The topological polar surface area (TPSA) is 104 Å². The third-order valence-electron chi connectivity index (χ3n) is 6.71. The van der Waals surface area contributed by atoms with Crippen molar-refractivity contribution >= 4 is 11.9 Å². The van der Waals surface area contributed by atoms with Gasteiger partial charge < -0.3 is 23.5 Å². The largest absolute Gasteiger partial charge is 0.492 e. The van der Waals surface area contributed by atoms with Gasteiger partial charge in [-0.2, -0.15) is 0 Å². The summed E-state index contributed by atoms with van der Waals surface area (Å²) in [5.41, 5.74) is 1.94. The normalized spacial score (nSPS) is 15.2. The van der Waals surface area contributed by atoms with Gasteiger partial charge in [-0.05, 0) is 31.2 Å². The van der Waals surface area contributed by atoms with Crippen LogP contribution in [-0.4, -0.2) is 53.3 Å². The lowest BCUT2D eigenvalue weighted by Crippen LogP contribution is -2.34. The van der Waals surface area contributed by atoms with E-state index in [0.29, 0.717) is 37.7 Å². The van der Waals surface area contributed by atoms with Gasteiger partial charge in [-0.1, -0.05) is 35.5 Å². The summed E-state index contributed by atoms with van der Waals surface area (Å²) in [7, 11) is 1.30. The lowest BCUT2D eigenvalue weighted by Gasteiger charge is -2.18.